The molecule has 0 saturated heterocycles. The van der Waals surface area contributed by atoms with Crippen LogP contribution in [0.1, 0.15) is 32.6 Å². The maximum Gasteiger partial charge on any atom is 0.253 e. The highest BCUT2D eigenvalue weighted by Gasteiger charge is 2.26. The molecule has 0 atom stereocenters. The molecule has 4 N–H and O–H groups in total. The van der Waals surface area contributed by atoms with Crippen LogP contribution in [0.5, 0.6) is 0 Å². The number of carbonyl (C=O) groups is 9. The summed E-state index contributed by atoms with van der Waals surface area (Å²) in [6.07, 6.45) is 3.00. The summed E-state index contributed by atoms with van der Waals surface area (Å²) in [6.45, 7) is 7.83. The molecule has 0 aromatic rings. The third-order valence-corrected chi connectivity index (χ3v) is 5.53. The molecule has 0 unspecified atom stereocenters. The van der Waals surface area contributed by atoms with Gasteiger partial charge in [0.2, 0.25) is 23.6 Å². The number of nitrogens with one attached hydrogen (secondary N) is 4. The second-order valence-corrected chi connectivity index (χ2v) is 8.69. The number of hydrogen-bond donors (Lipinski definition) is 4. The zero-order chi connectivity index (χ0) is 30.0. The van der Waals surface area contributed by atoms with Crippen LogP contribution < -0.4 is 21.3 Å². The van der Waals surface area contributed by atoms with E-state index in [-0.39, 0.29) is 37.6 Å². The van der Waals surface area contributed by atoms with Crippen LogP contribution in [-0.4, -0.2) is 75.9 Å². The first-order valence-electron chi connectivity index (χ1n) is 11.9. The minimum Gasteiger partial charge on any atom is -0.313 e. The van der Waals surface area contributed by atoms with Gasteiger partial charge in [0, 0.05) is 69.0 Å². The molecule has 8 amide bonds. The van der Waals surface area contributed by atoms with Crippen LogP contribution in [0.25, 0.3) is 0 Å². The van der Waals surface area contributed by atoms with E-state index < -0.39 is 71.8 Å². The summed E-state index contributed by atoms with van der Waals surface area (Å²) in [5.41, 5.74) is 0. The number of hydrogen-bond acceptors (Lipinski definition) is 9. The molecule has 212 valence electrons. The van der Waals surface area contributed by atoms with E-state index in [4.69, 9.17) is 0 Å². The SMILES string of the molecule is C=C(NC(=O)CCN1C(=O)C=CC1=O)NC(=O)CC(CC(=O)NC(=C)NC(=O)CCN1C(=O)C=CC1=O)C(C)=O. The van der Waals surface area contributed by atoms with Gasteiger partial charge >= 0.3 is 0 Å². The predicted molar refractivity (Wildman–Crippen MR) is 135 cm³/mol. The molecule has 15 heteroatoms. The number of carbonyl (C=O) groups excluding carboxylic acids is 9. The third-order valence-electron chi connectivity index (χ3n) is 5.53. The smallest absolute Gasteiger partial charge is 0.253 e. The van der Waals surface area contributed by atoms with Crippen molar-refractivity contribution in [1.82, 2.24) is 31.1 Å². The van der Waals surface area contributed by atoms with E-state index >= 15 is 0 Å². The Morgan fingerprint density at radius 2 is 0.925 bits per heavy atom. The van der Waals surface area contributed by atoms with Crippen molar-refractivity contribution < 1.29 is 43.2 Å². The summed E-state index contributed by atoms with van der Waals surface area (Å²) in [5.74, 6) is -6.80. The number of imide groups is 2. The van der Waals surface area contributed by atoms with Gasteiger partial charge in [-0.25, -0.2) is 0 Å². The Morgan fingerprint density at radius 3 is 1.23 bits per heavy atom. The molecule has 0 aromatic carbocycles. The number of nitrogens with zero attached hydrogens (tertiary/aromatic N) is 2. The molecule has 0 fully saturated rings. The van der Waals surface area contributed by atoms with Gasteiger partial charge in [0.05, 0.1) is 0 Å². The lowest BCUT2D eigenvalue weighted by molar-refractivity contribution is -0.139. The minimum absolute atomic E-state index is 0.166. The second-order valence-electron chi connectivity index (χ2n) is 8.69. The van der Waals surface area contributed by atoms with E-state index in [0.717, 1.165) is 34.1 Å². The highest BCUT2D eigenvalue weighted by molar-refractivity contribution is 6.13. The quantitative estimate of drug-likeness (QED) is 0.164. The number of ketones is 1. The molecule has 0 aromatic heterocycles. The summed E-state index contributed by atoms with van der Waals surface area (Å²) >= 11 is 0. The lowest BCUT2D eigenvalue weighted by Crippen LogP contribution is -2.39. The van der Waals surface area contributed by atoms with E-state index in [1.807, 2.05) is 0 Å². The molecule has 40 heavy (non-hydrogen) atoms. The van der Waals surface area contributed by atoms with Gasteiger partial charge in [0.15, 0.2) is 0 Å². The Bertz CT molecular complexity index is 1130. The van der Waals surface area contributed by atoms with Gasteiger partial charge in [0.25, 0.3) is 23.6 Å². The van der Waals surface area contributed by atoms with E-state index in [9.17, 15) is 43.2 Å². The fraction of sp³-hybridized carbons (Fsp3) is 0.320. The predicted octanol–water partition coefficient (Wildman–Crippen LogP) is -1.99. The maximum atomic E-state index is 12.3. The molecule has 0 aliphatic carbocycles. The van der Waals surface area contributed by atoms with Crippen molar-refractivity contribution in [3.8, 4) is 0 Å². The largest absolute Gasteiger partial charge is 0.313 e. The number of rotatable bonds is 15. The van der Waals surface area contributed by atoms with E-state index in [0.29, 0.717) is 0 Å². The maximum absolute atomic E-state index is 12.3. The Hall–Kier alpha value is -5.21. The van der Waals surface area contributed by atoms with Crippen LogP contribution >= 0.6 is 0 Å². The van der Waals surface area contributed by atoms with Crippen LogP contribution in [0.15, 0.2) is 49.1 Å². The van der Waals surface area contributed by atoms with E-state index in [1.165, 1.54) is 6.92 Å². The average molecular weight is 557 g/mol. The highest BCUT2D eigenvalue weighted by atomic mass is 16.2. The van der Waals surface area contributed by atoms with Gasteiger partial charge in [-0.3, -0.25) is 53.0 Å². The first-order valence-corrected chi connectivity index (χ1v) is 11.9. The number of amides is 8. The van der Waals surface area contributed by atoms with Crippen LogP contribution in [0.4, 0.5) is 0 Å². The summed E-state index contributed by atoms with van der Waals surface area (Å²) < 4.78 is 0. The molecule has 0 bridgehead atoms. The standard InChI is InChI=1S/C25H28N6O9/c1-14(32)17(12-20(35)28-15(2)26-18(33)8-10-30-22(37)4-5-23(30)38)13-21(36)29-16(3)27-19(34)9-11-31-24(39)6-7-25(31)40/h4-7,17H,2-3,8-13H2,1H3,(H,26,33)(H,27,34)(H,28,35)(H,29,36). The monoisotopic (exact) mass is 556 g/mol. The van der Waals surface area contributed by atoms with E-state index in [2.05, 4.69) is 34.4 Å². The summed E-state index contributed by atoms with van der Waals surface area (Å²) in [6, 6.07) is 0. The summed E-state index contributed by atoms with van der Waals surface area (Å²) in [5, 5.41) is 9.15. The fourth-order valence-corrected chi connectivity index (χ4v) is 3.50. The fourth-order valence-electron chi connectivity index (χ4n) is 3.50. The molecular formula is C25H28N6O9. The van der Waals surface area contributed by atoms with Gasteiger partial charge in [0.1, 0.15) is 17.4 Å². The summed E-state index contributed by atoms with van der Waals surface area (Å²) in [7, 11) is 0. The van der Waals surface area contributed by atoms with Crippen molar-refractivity contribution in [3.63, 3.8) is 0 Å². The van der Waals surface area contributed by atoms with Crippen LogP contribution in [0.3, 0.4) is 0 Å². The van der Waals surface area contributed by atoms with Crippen LogP contribution in [0.2, 0.25) is 0 Å². The molecule has 2 rings (SSSR count). The minimum atomic E-state index is -1.05. The van der Waals surface area contributed by atoms with Crippen molar-refractivity contribution in [2.24, 2.45) is 5.92 Å². The Labute approximate surface area is 228 Å². The van der Waals surface area contributed by atoms with Gasteiger partial charge < -0.3 is 21.3 Å². The first-order chi connectivity index (χ1) is 18.8. The molecule has 0 radical (unpaired) electrons. The van der Waals surface area contributed by atoms with E-state index in [1.54, 1.807) is 0 Å². The topological polar surface area (TPSA) is 208 Å². The van der Waals surface area contributed by atoms with Crippen molar-refractivity contribution in [2.45, 2.75) is 32.6 Å². The van der Waals surface area contributed by atoms with Gasteiger partial charge in [-0.05, 0) is 6.92 Å². The number of Topliss-reactive ketones (excluding diaryl/α,β-unsaturated/α-hetero) is 1. The molecule has 2 heterocycles. The van der Waals surface area contributed by atoms with Crippen molar-refractivity contribution >= 4 is 53.0 Å². The molecular weight excluding hydrogens is 528 g/mol. The molecule has 2 aliphatic rings. The van der Waals surface area contributed by atoms with Crippen LogP contribution in [-0.2, 0) is 43.2 Å². The molecule has 15 nitrogen and oxygen atoms in total. The summed E-state index contributed by atoms with van der Waals surface area (Å²) in [4.78, 5) is 108. The van der Waals surface area contributed by atoms with Crippen LogP contribution in [0, 0.1) is 5.92 Å². The van der Waals surface area contributed by atoms with Crippen molar-refractivity contribution in [2.75, 3.05) is 13.1 Å². The zero-order valence-corrected chi connectivity index (χ0v) is 21.6. The van der Waals surface area contributed by atoms with Crippen molar-refractivity contribution in [1.29, 1.82) is 0 Å². The average Bonchev–Trinajstić information content (AvgIpc) is 3.34. The van der Waals surface area contributed by atoms with Gasteiger partial charge in [-0.2, -0.15) is 0 Å². The normalized spacial score (nSPS) is 14.1. The zero-order valence-electron chi connectivity index (χ0n) is 21.6. The third kappa shape index (κ3) is 9.59. The highest BCUT2D eigenvalue weighted by Crippen LogP contribution is 2.11. The lowest BCUT2D eigenvalue weighted by Gasteiger charge is -2.17. The lowest BCUT2D eigenvalue weighted by atomic mass is 9.96. The van der Waals surface area contributed by atoms with Crippen molar-refractivity contribution in [3.05, 3.63) is 49.1 Å². The Kier molecular flexibility index (Phi) is 10.9. The van der Waals surface area contributed by atoms with Gasteiger partial charge in [-0.1, -0.05) is 13.2 Å². The molecule has 2 aliphatic heterocycles. The first kappa shape index (κ1) is 31.0. The molecule has 0 saturated carbocycles. The van der Waals surface area contributed by atoms with Gasteiger partial charge in [-0.15, -0.1) is 0 Å². The molecule has 0 spiro atoms. The Morgan fingerprint density at radius 1 is 0.625 bits per heavy atom. The second kappa shape index (κ2) is 14.1. The Balaban J connectivity index is 1.72.